The lowest BCUT2D eigenvalue weighted by molar-refractivity contribution is 0.532. The Morgan fingerprint density at radius 1 is 1.19 bits per heavy atom. The van der Waals surface area contributed by atoms with Crippen molar-refractivity contribution in [1.29, 1.82) is 0 Å². The predicted octanol–water partition coefficient (Wildman–Crippen LogP) is 4.37. The predicted molar refractivity (Wildman–Crippen MR) is 123 cm³/mol. The Morgan fingerprint density at radius 2 is 1.94 bits per heavy atom. The Labute approximate surface area is 185 Å². The highest BCUT2D eigenvalue weighted by atomic mass is 32.2. The van der Waals surface area contributed by atoms with Crippen LogP contribution in [-0.4, -0.2) is 33.4 Å². The van der Waals surface area contributed by atoms with Crippen molar-refractivity contribution in [2.75, 3.05) is 11.6 Å². The van der Waals surface area contributed by atoms with Gasteiger partial charge >= 0.3 is 0 Å². The van der Waals surface area contributed by atoms with E-state index in [9.17, 15) is 8.42 Å². The van der Waals surface area contributed by atoms with Crippen LogP contribution < -0.4 is 5.32 Å². The van der Waals surface area contributed by atoms with Gasteiger partial charge in [0.1, 0.15) is 11.6 Å². The van der Waals surface area contributed by atoms with Gasteiger partial charge in [-0.25, -0.2) is 16.8 Å². The molecule has 0 amide bonds. The molecule has 32 heavy (non-hydrogen) atoms. The normalized spacial score (nSPS) is 14.8. The second-order valence-corrected chi connectivity index (χ2v) is 10.6. The van der Waals surface area contributed by atoms with Crippen LogP contribution in [-0.2, 0) is 22.0 Å². The van der Waals surface area contributed by atoms with E-state index in [1.807, 2.05) is 38.3 Å². The summed E-state index contributed by atoms with van der Waals surface area (Å²) in [5.74, 6) is 1.12. The third-order valence-corrected chi connectivity index (χ3v) is 7.12. The van der Waals surface area contributed by atoms with E-state index in [1.165, 1.54) is 16.2 Å². The van der Waals surface area contributed by atoms with Gasteiger partial charge in [-0.05, 0) is 56.5 Å². The Morgan fingerprint density at radius 3 is 2.62 bits per heavy atom. The molecule has 0 radical (unpaired) electrons. The minimum absolute atomic E-state index is 0.363. The van der Waals surface area contributed by atoms with Crippen LogP contribution in [0.1, 0.15) is 38.0 Å². The van der Waals surface area contributed by atoms with Crippen molar-refractivity contribution in [1.82, 2.24) is 18.7 Å². The van der Waals surface area contributed by atoms with Crippen molar-refractivity contribution < 1.29 is 12.8 Å². The molecule has 9 heteroatoms. The smallest absolute Gasteiger partial charge is 0.236 e. The molecule has 0 bridgehead atoms. The first-order chi connectivity index (χ1) is 15.0. The summed E-state index contributed by atoms with van der Waals surface area (Å²) in [5, 5.41) is 12.7. The third kappa shape index (κ3) is 2.80. The van der Waals surface area contributed by atoms with E-state index in [2.05, 4.69) is 15.5 Å². The second kappa shape index (κ2) is 6.65. The summed E-state index contributed by atoms with van der Waals surface area (Å²) in [7, 11) is -3.48. The Kier molecular flexibility index (Phi) is 4.30. The van der Waals surface area contributed by atoms with Crippen molar-refractivity contribution in [2.24, 2.45) is 0 Å². The Balaban J connectivity index is 1.87. The van der Waals surface area contributed by atoms with E-state index < -0.39 is 15.6 Å². The van der Waals surface area contributed by atoms with E-state index in [1.54, 1.807) is 18.2 Å². The zero-order chi connectivity index (χ0) is 23.0. The van der Waals surface area contributed by atoms with E-state index in [4.69, 9.17) is 0 Å². The van der Waals surface area contributed by atoms with Crippen LogP contribution in [0.5, 0.6) is 0 Å². The number of nitrogens with zero attached hydrogens (tertiary/aromatic N) is 4. The lowest BCUT2D eigenvalue weighted by Crippen LogP contribution is -2.36. The van der Waals surface area contributed by atoms with Gasteiger partial charge in [-0.2, -0.15) is 0 Å². The van der Waals surface area contributed by atoms with E-state index in [0.717, 1.165) is 29.2 Å². The number of rotatable bonds is 3. The molecule has 5 rings (SSSR count). The van der Waals surface area contributed by atoms with Crippen molar-refractivity contribution in [3.05, 3.63) is 59.6 Å². The molecule has 3 heterocycles. The number of fused-ring (bicyclic) bond motifs is 4. The number of hydrogen-bond donors (Lipinski definition) is 1. The minimum Gasteiger partial charge on any atom is -0.371 e. The van der Waals surface area contributed by atoms with Crippen molar-refractivity contribution >= 4 is 26.6 Å². The van der Waals surface area contributed by atoms with Gasteiger partial charge in [0.2, 0.25) is 10.0 Å². The highest BCUT2D eigenvalue weighted by Crippen LogP contribution is 2.44. The lowest BCUT2D eigenvalue weighted by atomic mass is 9.90. The first kappa shape index (κ1) is 20.7. The molecular formula is C23H24FN5O2S. The average Bonchev–Trinajstić information content (AvgIpc) is 3.31. The molecule has 0 fully saturated rings. The molecule has 0 saturated carbocycles. The SMILES string of the molecule is CCc1c(-c2cccc3c2ccn3S(C)(=O)=O)c(F)cc2c1-n1c(C)nnc1C(C)(C)N2. The molecule has 0 atom stereocenters. The number of hydrogen-bond acceptors (Lipinski definition) is 5. The summed E-state index contributed by atoms with van der Waals surface area (Å²) >= 11 is 0. The molecule has 7 nitrogen and oxygen atoms in total. The molecule has 2 aromatic heterocycles. The molecule has 1 aliphatic rings. The van der Waals surface area contributed by atoms with Crippen molar-refractivity contribution in [3.63, 3.8) is 0 Å². The molecule has 0 saturated heterocycles. The van der Waals surface area contributed by atoms with Crippen LogP contribution in [0.3, 0.4) is 0 Å². The van der Waals surface area contributed by atoms with Crippen LogP contribution in [0.2, 0.25) is 0 Å². The molecule has 1 N–H and O–H groups in total. The quantitative estimate of drug-likeness (QED) is 0.498. The summed E-state index contributed by atoms with van der Waals surface area (Å²) in [5.41, 5.74) is 3.45. The average molecular weight is 454 g/mol. The highest BCUT2D eigenvalue weighted by molar-refractivity contribution is 7.89. The van der Waals surface area contributed by atoms with Gasteiger partial charge in [0.05, 0.1) is 28.7 Å². The standard InChI is InChI=1S/C23H24FN5O2S/c1-6-14-20(16-8-7-9-19-15(16)10-11-28(19)32(5,30)31)17(24)12-18-21(14)29-13(2)26-27-22(29)23(3,4)25-18/h7-12,25H,6H2,1-5H3. The maximum atomic E-state index is 15.7. The summed E-state index contributed by atoms with van der Waals surface area (Å²) in [6.07, 6.45) is 3.23. The number of benzene rings is 2. The number of nitrogens with one attached hydrogen (secondary N) is 1. The number of anilines is 1. The minimum atomic E-state index is -3.48. The third-order valence-electron chi connectivity index (χ3n) is 6.08. The summed E-state index contributed by atoms with van der Waals surface area (Å²) in [4.78, 5) is 0. The zero-order valence-electron chi connectivity index (χ0n) is 18.6. The first-order valence-electron chi connectivity index (χ1n) is 10.4. The monoisotopic (exact) mass is 453 g/mol. The summed E-state index contributed by atoms with van der Waals surface area (Å²) < 4.78 is 43.4. The van der Waals surface area contributed by atoms with Crippen LogP contribution >= 0.6 is 0 Å². The van der Waals surface area contributed by atoms with Gasteiger partial charge in [0, 0.05) is 17.1 Å². The van der Waals surface area contributed by atoms with E-state index in [-0.39, 0.29) is 5.82 Å². The number of halogens is 1. The number of aromatic nitrogens is 4. The van der Waals surface area contributed by atoms with E-state index in [0.29, 0.717) is 34.1 Å². The molecule has 2 aromatic carbocycles. The largest absolute Gasteiger partial charge is 0.371 e. The van der Waals surface area contributed by atoms with E-state index >= 15 is 4.39 Å². The Hall–Kier alpha value is -3.20. The van der Waals surface area contributed by atoms with Gasteiger partial charge in [-0.3, -0.25) is 4.57 Å². The molecule has 1 aliphatic heterocycles. The molecule has 4 aromatic rings. The van der Waals surface area contributed by atoms with Gasteiger partial charge < -0.3 is 5.32 Å². The van der Waals surface area contributed by atoms with Crippen LogP contribution in [0, 0.1) is 12.7 Å². The molecule has 0 aliphatic carbocycles. The fourth-order valence-corrected chi connectivity index (χ4v) is 5.55. The molecule has 0 unspecified atom stereocenters. The maximum absolute atomic E-state index is 15.7. The fraction of sp³-hybridized carbons (Fsp3) is 0.304. The van der Waals surface area contributed by atoms with Gasteiger partial charge in [-0.1, -0.05) is 19.1 Å². The van der Waals surface area contributed by atoms with Crippen LogP contribution in [0.4, 0.5) is 10.1 Å². The molecule has 0 spiro atoms. The zero-order valence-corrected chi connectivity index (χ0v) is 19.4. The van der Waals surface area contributed by atoms with Crippen LogP contribution in [0.15, 0.2) is 36.5 Å². The fourth-order valence-electron chi connectivity index (χ4n) is 4.76. The van der Waals surface area contributed by atoms with Gasteiger partial charge in [-0.15, -0.1) is 10.2 Å². The summed E-state index contributed by atoms with van der Waals surface area (Å²) in [6, 6.07) is 8.56. The Bertz CT molecular complexity index is 1520. The van der Waals surface area contributed by atoms with Crippen molar-refractivity contribution in [2.45, 2.75) is 39.7 Å². The van der Waals surface area contributed by atoms with Crippen molar-refractivity contribution in [3.8, 4) is 16.8 Å². The molecule has 166 valence electrons. The lowest BCUT2D eigenvalue weighted by Gasteiger charge is -2.35. The summed E-state index contributed by atoms with van der Waals surface area (Å²) in [6.45, 7) is 7.85. The van der Waals surface area contributed by atoms with Crippen LogP contribution in [0.25, 0.3) is 27.7 Å². The molecular weight excluding hydrogens is 429 g/mol. The highest BCUT2D eigenvalue weighted by Gasteiger charge is 2.36. The van der Waals surface area contributed by atoms with Gasteiger partial charge in [0.25, 0.3) is 0 Å². The first-order valence-corrected chi connectivity index (χ1v) is 12.3. The topological polar surface area (TPSA) is 81.8 Å². The number of aryl methyl sites for hydroxylation is 1. The maximum Gasteiger partial charge on any atom is 0.236 e. The van der Waals surface area contributed by atoms with Gasteiger partial charge in [0.15, 0.2) is 5.82 Å². The second-order valence-electron chi connectivity index (χ2n) is 8.73.